The van der Waals surface area contributed by atoms with Gasteiger partial charge >= 0.3 is 0 Å². The van der Waals surface area contributed by atoms with Crippen LogP contribution in [0.25, 0.3) is 0 Å². The van der Waals surface area contributed by atoms with Crippen LogP contribution in [0.3, 0.4) is 0 Å². The lowest BCUT2D eigenvalue weighted by Gasteiger charge is -1.96. The van der Waals surface area contributed by atoms with Gasteiger partial charge in [0.25, 0.3) is 5.24 Å². The third-order valence-corrected chi connectivity index (χ3v) is 1.07. The Balaban J connectivity index is 3.86. The van der Waals surface area contributed by atoms with Gasteiger partial charge in [-0.15, -0.1) is 0 Å². The largest absolute Gasteiger partial charge is 0.276 e. The van der Waals surface area contributed by atoms with Gasteiger partial charge in [-0.2, -0.15) is 0 Å². The predicted octanol–water partition coefficient (Wildman–Crippen LogP) is 2.37. The molecule has 0 N–H and O–H groups in total. The third-order valence-electron chi connectivity index (χ3n) is 0.884. The first-order valence-corrected chi connectivity index (χ1v) is 2.77. The van der Waals surface area contributed by atoms with Gasteiger partial charge in [0.05, 0.1) is 5.48 Å². The number of rotatable bonds is 1. The molecule has 0 radical (unpaired) electrons. The van der Waals surface area contributed by atoms with Crippen LogP contribution in [0.4, 0.5) is 0 Å². The second kappa shape index (κ2) is 2.84. The molecule has 0 aliphatic rings. The van der Waals surface area contributed by atoms with Crippen molar-refractivity contribution in [2.24, 2.45) is 0 Å². The van der Waals surface area contributed by atoms with E-state index in [0.717, 1.165) is 0 Å². The summed E-state index contributed by atoms with van der Waals surface area (Å²) >= 11 is 5.18. The van der Waals surface area contributed by atoms with E-state index in [1.807, 2.05) is 0 Å². The summed E-state index contributed by atoms with van der Waals surface area (Å²) in [4.78, 5) is 11.1. The summed E-state index contributed by atoms with van der Waals surface area (Å²) in [7, 11) is 0. The zero-order chi connectivity index (χ0) is 13.5. The minimum atomic E-state index is -2.84. The van der Waals surface area contributed by atoms with Crippen molar-refractivity contribution in [2.75, 3.05) is 0 Å². The van der Waals surface area contributed by atoms with Crippen LogP contribution in [0.5, 0.6) is 0 Å². The normalized spacial score (nSPS) is 20.7. The highest BCUT2D eigenvalue weighted by Crippen LogP contribution is 2.08. The average Bonchev–Trinajstić information content (AvgIpc) is 2.17. The fraction of sp³-hybridized carbons (Fsp3) is 0.125. The summed E-state index contributed by atoms with van der Waals surface area (Å²) < 4.78 is 51.1. The summed E-state index contributed by atoms with van der Waals surface area (Å²) in [6.45, 7) is -2.84. The van der Waals surface area contributed by atoms with Gasteiger partial charge in [-0.25, -0.2) is 0 Å². The molecule has 0 fully saturated rings. The maximum Gasteiger partial charge on any atom is 0.252 e. The summed E-state index contributed by atoms with van der Waals surface area (Å²) in [6, 6.07) is -2.90. The average molecular weight is 162 g/mol. The minimum Gasteiger partial charge on any atom is -0.276 e. The van der Waals surface area contributed by atoms with E-state index in [0.29, 0.717) is 0 Å². The van der Waals surface area contributed by atoms with Crippen molar-refractivity contribution in [3.05, 3.63) is 35.3 Å². The number of hydrogen-bond acceptors (Lipinski definition) is 1. The Morgan fingerprint density at radius 2 is 2.40 bits per heavy atom. The van der Waals surface area contributed by atoms with E-state index in [-0.39, 0.29) is 0 Å². The predicted molar refractivity (Wildman–Crippen MR) is 41.4 cm³/mol. The Kier molecular flexibility index (Phi) is 0.667. The van der Waals surface area contributed by atoms with E-state index in [4.69, 9.17) is 21.2 Å². The fourth-order valence-electron chi connectivity index (χ4n) is 0.460. The van der Waals surface area contributed by atoms with E-state index in [2.05, 4.69) is 0 Å². The van der Waals surface area contributed by atoms with Crippen molar-refractivity contribution < 1.29 is 14.4 Å². The lowest BCUT2D eigenvalue weighted by atomic mass is 10.1. The molecule has 0 saturated heterocycles. The summed E-state index contributed by atoms with van der Waals surface area (Å²) in [5, 5.41) is -1.22. The van der Waals surface area contributed by atoms with Crippen molar-refractivity contribution in [3.8, 4) is 0 Å². The Labute approximate surface area is 74.5 Å². The molecule has 1 aromatic carbocycles. The van der Waals surface area contributed by atoms with Gasteiger partial charge in [0.2, 0.25) is 0 Å². The zero-order valence-electron chi connectivity index (χ0n) is 11.8. The first kappa shape index (κ1) is 2.35. The Morgan fingerprint density at radius 3 is 3.00 bits per heavy atom. The maximum atomic E-state index is 11.1. The molecular formula is C8H7ClO. The zero-order valence-corrected chi connectivity index (χ0v) is 5.54. The number of halogens is 1. The molecule has 1 rings (SSSR count). The van der Waals surface area contributed by atoms with Crippen molar-refractivity contribution in [3.63, 3.8) is 0 Å². The van der Waals surface area contributed by atoms with Crippen molar-refractivity contribution in [1.29, 1.82) is 0 Å². The molecule has 0 saturated carbocycles. The van der Waals surface area contributed by atoms with Crippen LogP contribution in [-0.2, 0) is 0 Å². The quantitative estimate of drug-likeness (QED) is 0.578. The molecule has 10 heavy (non-hydrogen) atoms. The van der Waals surface area contributed by atoms with Gasteiger partial charge in [-0.1, -0.05) is 18.1 Å². The van der Waals surface area contributed by atoms with Crippen LogP contribution in [0.1, 0.15) is 25.5 Å². The molecule has 1 nitrogen and oxygen atoms in total. The Hall–Kier alpha value is -0.820. The lowest BCUT2D eigenvalue weighted by molar-refractivity contribution is 0.108. The Bertz CT molecular complexity index is 494. The summed E-state index contributed by atoms with van der Waals surface area (Å²) in [6.07, 6.45) is 0. The summed E-state index contributed by atoms with van der Waals surface area (Å²) in [5.74, 6) is 0. The van der Waals surface area contributed by atoms with Crippen LogP contribution in [0, 0.1) is 6.85 Å². The van der Waals surface area contributed by atoms with Crippen LogP contribution in [-0.4, -0.2) is 5.24 Å². The van der Waals surface area contributed by atoms with Crippen LogP contribution < -0.4 is 0 Å². The smallest absolute Gasteiger partial charge is 0.252 e. The van der Waals surface area contributed by atoms with Gasteiger partial charge in [0.15, 0.2) is 0 Å². The van der Waals surface area contributed by atoms with E-state index >= 15 is 0 Å². The molecule has 0 bridgehead atoms. The van der Waals surface area contributed by atoms with Crippen LogP contribution in [0.2, 0.25) is 0 Å². The number of benzene rings is 1. The van der Waals surface area contributed by atoms with E-state index in [9.17, 15) is 4.79 Å². The lowest BCUT2D eigenvalue weighted by Crippen LogP contribution is -1.90. The molecule has 0 aliphatic heterocycles. The first-order chi connectivity index (χ1) is 7.59. The highest BCUT2D eigenvalue weighted by molar-refractivity contribution is 6.67. The van der Waals surface area contributed by atoms with Gasteiger partial charge in [0, 0.05) is 9.68 Å². The molecule has 0 aromatic heterocycles. The third kappa shape index (κ3) is 1.36. The molecular weight excluding hydrogens is 148 g/mol. The number of carbonyl (C=O) groups excluding carboxylic acids is 1. The van der Waals surface area contributed by atoms with Crippen molar-refractivity contribution >= 4 is 16.8 Å². The van der Waals surface area contributed by atoms with E-state index < -0.39 is 47.4 Å². The topological polar surface area (TPSA) is 17.1 Å². The molecule has 0 spiro atoms. The molecule has 0 unspecified atom stereocenters. The standard InChI is InChI=1S/C8H7ClO/c1-6-4-2-3-5-7(6)8(9)10/h2-5H,1H3/i1D3,2D,3D,4D,5D. The highest BCUT2D eigenvalue weighted by Gasteiger charge is 2.02. The maximum absolute atomic E-state index is 11.1. The van der Waals surface area contributed by atoms with E-state index in [1.54, 1.807) is 0 Å². The Morgan fingerprint density at radius 1 is 1.70 bits per heavy atom. The van der Waals surface area contributed by atoms with Crippen molar-refractivity contribution in [1.82, 2.24) is 0 Å². The summed E-state index contributed by atoms with van der Waals surface area (Å²) in [5.41, 5.74) is -1.44. The van der Waals surface area contributed by atoms with E-state index in [1.165, 1.54) is 0 Å². The molecule has 0 aliphatic carbocycles. The highest BCUT2D eigenvalue weighted by atomic mass is 35.5. The molecule has 2 heteroatoms. The fourth-order valence-corrected chi connectivity index (χ4v) is 0.602. The molecule has 0 atom stereocenters. The van der Waals surface area contributed by atoms with Crippen LogP contribution in [0.15, 0.2) is 24.2 Å². The molecule has 52 valence electrons. The van der Waals surface area contributed by atoms with Crippen LogP contribution >= 0.6 is 11.6 Å². The second-order valence-corrected chi connectivity index (χ2v) is 1.87. The van der Waals surface area contributed by atoms with Gasteiger partial charge in [0.1, 0.15) is 0 Å². The first-order valence-electron chi connectivity index (χ1n) is 5.89. The van der Waals surface area contributed by atoms with Gasteiger partial charge in [-0.3, -0.25) is 4.79 Å². The minimum absolute atomic E-state index is 0.688. The van der Waals surface area contributed by atoms with Gasteiger partial charge < -0.3 is 0 Å². The second-order valence-electron chi connectivity index (χ2n) is 1.52. The van der Waals surface area contributed by atoms with Gasteiger partial charge in [-0.05, 0) is 30.1 Å². The molecule has 0 amide bonds. The molecule has 0 heterocycles. The number of hydrogen-bond donors (Lipinski definition) is 0. The SMILES string of the molecule is [2H]c1c([2H])c([2H])c(C([2H])([2H])[2H])c(C(=O)Cl)c1[2H]. The van der Waals surface area contributed by atoms with Crippen molar-refractivity contribution in [2.45, 2.75) is 6.85 Å². The monoisotopic (exact) mass is 161 g/mol. The molecule has 1 aromatic rings. The number of carbonyl (C=O) groups is 1.